The molecule has 3 nitrogen and oxygen atoms in total. The summed E-state index contributed by atoms with van der Waals surface area (Å²) in [6.45, 7) is 0.509. The zero-order valence-corrected chi connectivity index (χ0v) is 10.4. The molecular formula is C15H14FNO2. The summed E-state index contributed by atoms with van der Waals surface area (Å²) in [5.74, 6) is -0.288. The van der Waals surface area contributed by atoms with Crippen molar-refractivity contribution in [2.45, 2.75) is 25.4 Å². The van der Waals surface area contributed by atoms with Gasteiger partial charge in [-0.2, -0.15) is 0 Å². The van der Waals surface area contributed by atoms with Crippen LogP contribution >= 0.6 is 0 Å². The van der Waals surface area contributed by atoms with Crippen LogP contribution < -0.4 is 0 Å². The molecule has 3 rings (SSSR count). The van der Waals surface area contributed by atoms with E-state index in [2.05, 4.69) is 0 Å². The molecule has 0 N–H and O–H groups in total. The van der Waals surface area contributed by atoms with E-state index in [0.717, 1.165) is 18.4 Å². The number of benzene rings is 1. The summed E-state index contributed by atoms with van der Waals surface area (Å²) in [4.78, 5) is 14.2. The molecule has 0 spiro atoms. The number of hydrogen-bond acceptors (Lipinski definition) is 2. The van der Waals surface area contributed by atoms with Crippen molar-refractivity contribution < 1.29 is 13.6 Å². The first kappa shape index (κ1) is 12.0. The van der Waals surface area contributed by atoms with Crippen molar-refractivity contribution in [1.29, 1.82) is 0 Å². The molecule has 0 radical (unpaired) electrons. The molecule has 1 amide bonds. The molecule has 1 aromatic heterocycles. The van der Waals surface area contributed by atoms with Crippen molar-refractivity contribution in [3.8, 4) is 0 Å². The van der Waals surface area contributed by atoms with E-state index < -0.39 is 0 Å². The summed E-state index contributed by atoms with van der Waals surface area (Å²) >= 11 is 0. The lowest BCUT2D eigenvalue weighted by molar-refractivity contribution is 0.0729. The number of amides is 1. The van der Waals surface area contributed by atoms with Gasteiger partial charge in [0.15, 0.2) is 0 Å². The first-order valence-corrected chi connectivity index (χ1v) is 6.31. The molecule has 0 bridgehead atoms. The Bertz CT molecular complexity index is 558. The highest BCUT2D eigenvalue weighted by atomic mass is 19.1. The number of carbonyl (C=O) groups is 1. The normalized spacial score (nSPS) is 14.4. The third-order valence-electron chi connectivity index (χ3n) is 3.28. The summed E-state index contributed by atoms with van der Waals surface area (Å²) in [6.07, 6.45) is 5.02. The van der Waals surface area contributed by atoms with Gasteiger partial charge >= 0.3 is 0 Å². The van der Waals surface area contributed by atoms with E-state index >= 15 is 0 Å². The first-order valence-electron chi connectivity index (χ1n) is 6.31. The molecule has 19 heavy (non-hydrogen) atoms. The maximum absolute atomic E-state index is 12.9. The maximum atomic E-state index is 12.9. The lowest BCUT2D eigenvalue weighted by Crippen LogP contribution is -2.32. The Hall–Kier alpha value is -2.10. The van der Waals surface area contributed by atoms with Crippen molar-refractivity contribution in [2.75, 3.05) is 0 Å². The Kier molecular flexibility index (Phi) is 3.07. The van der Waals surface area contributed by atoms with Crippen LogP contribution in [0.4, 0.5) is 4.39 Å². The van der Waals surface area contributed by atoms with Crippen LogP contribution in [-0.4, -0.2) is 16.8 Å². The van der Waals surface area contributed by atoms with Crippen molar-refractivity contribution in [3.63, 3.8) is 0 Å². The minimum atomic E-state index is -0.261. The first-order chi connectivity index (χ1) is 9.24. The molecular weight excluding hydrogens is 245 g/mol. The topological polar surface area (TPSA) is 33.5 Å². The average molecular weight is 259 g/mol. The average Bonchev–Trinajstić information content (AvgIpc) is 3.11. The largest absolute Gasteiger partial charge is 0.472 e. The van der Waals surface area contributed by atoms with Gasteiger partial charge in [0.1, 0.15) is 12.1 Å². The zero-order chi connectivity index (χ0) is 13.2. The van der Waals surface area contributed by atoms with E-state index in [9.17, 15) is 9.18 Å². The van der Waals surface area contributed by atoms with Crippen molar-refractivity contribution in [1.82, 2.24) is 4.90 Å². The third kappa shape index (κ3) is 2.67. The molecule has 1 aliphatic carbocycles. The van der Waals surface area contributed by atoms with Crippen LogP contribution in [0.25, 0.3) is 0 Å². The van der Waals surface area contributed by atoms with Crippen LogP contribution in [0.1, 0.15) is 28.8 Å². The van der Waals surface area contributed by atoms with E-state index in [4.69, 9.17) is 4.42 Å². The second-order valence-corrected chi connectivity index (χ2v) is 4.80. The van der Waals surface area contributed by atoms with Gasteiger partial charge in [0.05, 0.1) is 11.8 Å². The Labute approximate surface area is 110 Å². The van der Waals surface area contributed by atoms with Crippen LogP contribution in [0.3, 0.4) is 0 Å². The van der Waals surface area contributed by atoms with Gasteiger partial charge in [-0.1, -0.05) is 12.1 Å². The van der Waals surface area contributed by atoms with Gasteiger partial charge < -0.3 is 9.32 Å². The molecule has 1 heterocycles. The standard InChI is InChI=1S/C15H14FNO2/c16-13-3-1-11(2-4-13)9-17(14-5-6-14)15(18)12-7-8-19-10-12/h1-4,7-8,10,14H,5-6,9H2. The summed E-state index contributed by atoms with van der Waals surface area (Å²) in [7, 11) is 0. The SMILES string of the molecule is O=C(c1ccoc1)N(Cc1ccc(F)cc1)C1CC1. The Balaban J connectivity index is 1.78. The molecule has 0 unspecified atom stereocenters. The van der Waals surface area contributed by atoms with Crippen molar-refractivity contribution >= 4 is 5.91 Å². The Morgan fingerprint density at radius 3 is 2.58 bits per heavy atom. The van der Waals surface area contributed by atoms with E-state index in [1.54, 1.807) is 18.2 Å². The van der Waals surface area contributed by atoms with Gasteiger partial charge in [-0.25, -0.2) is 4.39 Å². The fourth-order valence-electron chi connectivity index (χ4n) is 2.09. The highest BCUT2D eigenvalue weighted by molar-refractivity contribution is 5.94. The second kappa shape index (κ2) is 4.88. The third-order valence-corrected chi connectivity index (χ3v) is 3.28. The van der Waals surface area contributed by atoms with E-state index in [-0.39, 0.29) is 11.7 Å². The number of furan rings is 1. The van der Waals surface area contributed by atoms with Gasteiger partial charge in [-0.05, 0) is 36.6 Å². The number of nitrogens with zero attached hydrogens (tertiary/aromatic N) is 1. The zero-order valence-electron chi connectivity index (χ0n) is 10.4. The van der Waals surface area contributed by atoms with Gasteiger partial charge in [0.25, 0.3) is 5.91 Å². The van der Waals surface area contributed by atoms with Crippen molar-refractivity contribution in [2.24, 2.45) is 0 Å². The number of halogens is 1. The molecule has 1 fully saturated rings. The van der Waals surface area contributed by atoms with Crippen LogP contribution in [0.5, 0.6) is 0 Å². The maximum Gasteiger partial charge on any atom is 0.257 e. The predicted molar refractivity (Wildman–Crippen MR) is 68.0 cm³/mol. The van der Waals surface area contributed by atoms with Gasteiger partial charge in [-0.15, -0.1) is 0 Å². The predicted octanol–water partition coefficient (Wildman–Crippen LogP) is 3.22. The van der Waals surface area contributed by atoms with Gasteiger partial charge in [-0.3, -0.25) is 4.79 Å². The quantitative estimate of drug-likeness (QED) is 0.844. The summed E-state index contributed by atoms with van der Waals surface area (Å²) in [6, 6.07) is 8.24. The highest BCUT2D eigenvalue weighted by Gasteiger charge is 2.33. The second-order valence-electron chi connectivity index (χ2n) is 4.80. The molecule has 0 atom stereocenters. The van der Waals surface area contributed by atoms with Crippen LogP contribution in [0.2, 0.25) is 0 Å². The van der Waals surface area contributed by atoms with Crippen molar-refractivity contribution in [3.05, 3.63) is 59.8 Å². The Morgan fingerprint density at radius 1 is 1.26 bits per heavy atom. The van der Waals surface area contributed by atoms with E-state index in [1.165, 1.54) is 24.7 Å². The molecule has 98 valence electrons. The van der Waals surface area contributed by atoms with Gasteiger partial charge in [0, 0.05) is 12.6 Å². The summed E-state index contributed by atoms with van der Waals surface area (Å²) in [5, 5.41) is 0. The molecule has 1 aromatic carbocycles. The van der Waals surface area contributed by atoms with Crippen LogP contribution in [0, 0.1) is 5.82 Å². The monoisotopic (exact) mass is 259 g/mol. The molecule has 0 aliphatic heterocycles. The molecule has 1 saturated carbocycles. The smallest absolute Gasteiger partial charge is 0.257 e. The number of hydrogen-bond donors (Lipinski definition) is 0. The highest BCUT2D eigenvalue weighted by Crippen LogP contribution is 2.29. The van der Waals surface area contributed by atoms with Crippen LogP contribution in [0.15, 0.2) is 47.3 Å². The lowest BCUT2D eigenvalue weighted by atomic mass is 10.2. The Morgan fingerprint density at radius 2 is 2.00 bits per heavy atom. The summed E-state index contributed by atoms with van der Waals surface area (Å²) < 4.78 is 17.8. The van der Waals surface area contributed by atoms with Crippen LogP contribution in [-0.2, 0) is 6.54 Å². The number of carbonyl (C=O) groups excluding carboxylic acids is 1. The van der Waals surface area contributed by atoms with E-state index in [0.29, 0.717) is 18.2 Å². The summed E-state index contributed by atoms with van der Waals surface area (Å²) in [5.41, 5.74) is 1.50. The minimum absolute atomic E-state index is 0.0272. The fraction of sp³-hybridized carbons (Fsp3) is 0.267. The fourth-order valence-corrected chi connectivity index (χ4v) is 2.09. The van der Waals surface area contributed by atoms with E-state index in [1.807, 2.05) is 4.90 Å². The number of rotatable bonds is 4. The lowest BCUT2D eigenvalue weighted by Gasteiger charge is -2.21. The van der Waals surface area contributed by atoms with Gasteiger partial charge in [0.2, 0.25) is 0 Å². The molecule has 2 aromatic rings. The minimum Gasteiger partial charge on any atom is -0.472 e. The molecule has 1 aliphatic rings. The molecule has 4 heteroatoms. The molecule has 0 saturated heterocycles.